The van der Waals surface area contributed by atoms with Crippen molar-refractivity contribution in [3.63, 3.8) is 0 Å². The first-order chi connectivity index (χ1) is 6.21. The van der Waals surface area contributed by atoms with Crippen LogP contribution >= 0.6 is 0 Å². The van der Waals surface area contributed by atoms with Crippen molar-refractivity contribution in [1.82, 2.24) is 0 Å². The molecule has 0 heterocycles. The molecule has 1 nitrogen and oxygen atoms in total. The molecule has 0 aliphatic heterocycles. The fourth-order valence-corrected chi connectivity index (χ4v) is 1.21. The zero-order chi connectivity index (χ0) is 11.2. The summed E-state index contributed by atoms with van der Waals surface area (Å²) >= 11 is 1.60. The van der Waals surface area contributed by atoms with Crippen molar-refractivity contribution in [3.05, 3.63) is 12.2 Å². The second kappa shape index (κ2) is 6.08. The van der Waals surface area contributed by atoms with Gasteiger partial charge in [0.25, 0.3) is 0 Å². The second-order valence-corrected chi connectivity index (χ2v) is 9.34. The topological polar surface area (TPSA) is 9.23 Å². The summed E-state index contributed by atoms with van der Waals surface area (Å²) in [6, 6.07) is 0. The maximum atomic E-state index is 5.58. The second-order valence-electron chi connectivity index (χ2n) is 5.37. The van der Waals surface area contributed by atoms with Gasteiger partial charge in [-0.2, -0.15) is 0 Å². The van der Waals surface area contributed by atoms with Gasteiger partial charge in [-0.15, -0.1) is 0 Å². The maximum absolute atomic E-state index is 5.58. The molecule has 0 spiro atoms. The number of rotatable bonds is 5. The van der Waals surface area contributed by atoms with Crippen molar-refractivity contribution in [2.75, 3.05) is 13.2 Å². The SMILES string of the molecule is CC(C)(C)/C=C\CCOC[C](C)(C)[W]. The van der Waals surface area contributed by atoms with Crippen LogP contribution in [0.15, 0.2) is 12.2 Å². The van der Waals surface area contributed by atoms with Crippen LogP contribution in [0.1, 0.15) is 41.0 Å². The average molecular weight is 367 g/mol. The summed E-state index contributed by atoms with van der Waals surface area (Å²) < 4.78 is 5.95. The van der Waals surface area contributed by atoms with Crippen LogP contribution in [0, 0.1) is 5.41 Å². The van der Waals surface area contributed by atoms with E-state index in [-0.39, 0.29) is 0 Å². The molecule has 83 valence electrons. The van der Waals surface area contributed by atoms with Crippen LogP contribution in [-0.4, -0.2) is 13.2 Å². The minimum absolute atomic E-state index is 0.300. The Morgan fingerprint density at radius 2 is 1.71 bits per heavy atom. The van der Waals surface area contributed by atoms with Crippen molar-refractivity contribution < 1.29 is 24.6 Å². The average Bonchev–Trinajstić information content (AvgIpc) is 1.92. The van der Waals surface area contributed by atoms with E-state index in [1.165, 1.54) is 0 Å². The number of ether oxygens (including phenoxy) is 1. The molecule has 0 aromatic rings. The van der Waals surface area contributed by atoms with Crippen LogP contribution in [0.3, 0.4) is 0 Å². The van der Waals surface area contributed by atoms with Crippen molar-refractivity contribution in [1.29, 1.82) is 0 Å². The van der Waals surface area contributed by atoms with E-state index in [0.717, 1.165) is 19.6 Å². The number of hydrogen-bond acceptors (Lipinski definition) is 1. The van der Waals surface area contributed by atoms with Gasteiger partial charge >= 0.3 is 100 Å². The zero-order valence-electron chi connectivity index (χ0n) is 10.1. The molecule has 0 amide bonds. The van der Waals surface area contributed by atoms with Crippen LogP contribution < -0.4 is 0 Å². The van der Waals surface area contributed by atoms with Crippen LogP contribution in [0.2, 0.25) is 3.80 Å². The Morgan fingerprint density at radius 3 is 2.14 bits per heavy atom. The number of allylic oxidation sites excluding steroid dienone is 1. The van der Waals surface area contributed by atoms with Crippen molar-refractivity contribution in [2.24, 2.45) is 5.41 Å². The molecule has 0 fully saturated rings. The first-order valence-electron chi connectivity index (χ1n) is 5.17. The molecular formula is C12H23OW. The molecule has 14 heavy (non-hydrogen) atoms. The van der Waals surface area contributed by atoms with Gasteiger partial charge in [0, 0.05) is 0 Å². The Morgan fingerprint density at radius 1 is 1.14 bits per heavy atom. The van der Waals surface area contributed by atoms with E-state index in [9.17, 15) is 0 Å². The Kier molecular flexibility index (Phi) is 6.25. The molecule has 0 aromatic carbocycles. The van der Waals surface area contributed by atoms with E-state index in [0.29, 0.717) is 9.22 Å². The normalized spacial score (nSPS) is 13.8. The van der Waals surface area contributed by atoms with Gasteiger partial charge in [-0.3, -0.25) is 0 Å². The Bertz CT molecular complexity index is 172. The van der Waals surface area contributed by atoms with E-state index in [4.69, 9.17) is 4.74 Å². The van der Waals surface area contributed by atoms with E-state index in [2.05, 4.69) is 46.8 Å². The summed E-state index contributed by atoms with van der Waals surface area (Å²) in [4.78, 5) is 0. The first-order valence-corrected chi connectivity index (χ1v) is 6.63. The summed E-state index contributed by atoms with van der Waals surface area (Å²) in [5, 5.41) is 0. The van der Waals surface area contributed by atoms with Crippen molar-refractivity contribution >= 4 is 0 Å². The molecule has 0 saturated carbocycles. The molecule has 0 radical (unpaired) electrons. The van der Waals surface area contributed by atoms with E-state index in [1.807, 2.05) is 0 Å². The van der Waals surface area contributed by atoms with Crippen LogP contribution in [0.5, 0.6) is 0 Å². The zero-order valence-corrected chi connectivity index (χ0v) is 13.0. The first kappa shape index (κ1) is 14.4. The molecule has 0 rings (SSSR count). The molecule has 0 aliphatic rings. The summed E-state index contributed by atoms with van der Waals surface area (Å²) in [6.45, 7) is 12.8. The van der Waals surface area contributed by atoms with Gasteiger partial charge < -0.3 is 0 Å². The minimum atomic E-state index is 0.300. The van der Waals surface area contributed by atoms with Gasteiger partial charge in [0.05, 0.1) is 0 Å². The third-order valence-corrected chi connectivity index (χ3v) is 1.92. The van der Waals surface area contributed by atoms with Crippen LogP contribution in [0.4, 0.5) is 0 Å². The predicted molar refractivity (Wildman–Crippen MR) is 58.1 cm³/mol. The third-order valence-electron chi connectivity index (χ3n) is 1.50. The summed E-state index contributed by atoms with van der Waals surface area (Å²) in [5.41, 5.74) is 0.300. The Labute approximate surface area is 100 Å². The van der Waals surface area contributed by atoms with Crippen molar-refractivity contribution in [2.45, 2.75) is 44.8 Å². The predicted octanol–water partition coefficient (Wildman–Crippen LogP) is 3.74. The van der Waals surface area contributed by atoms with Gasteiger partial charge in [0.1, 0.15) is 0 Å². The quantitative estimate of drug-likeness (QED) is 0.532. The van der Waals surface area contributed by atoms with Crippen molar-refractivity contribution in [3.8, 4) is 0 Å². The molecule has 0 saturated heterocycles. The number of hydrogen-bond donors (Lipinski definition) is 0. The van der Waals surface area contributed by atoms with Crippen LogP contribution in [0.25, 0.3) is 0 Å². The molecule has 2 heteroatoms. The standard InChI is InChI=1S/C12H23O.W/c1-11(2)10-13-9-7-6-8-12(3,4)5;/h6,8H,7,9-10H2,1-5H3;/b8-6-;. The summed E-state index contributed by atoms with van der Waals surface area (Å²) in [6.07, 6.45) is 5.50. The molecule has 0 aliphatic carbocycles. The molecule has 0 bridgehead atoms. The molecule has 0 unspecified atom stereocenters. The van der Waals surface area contributed by atoms with Gasteiger partial charge in [-0.05, 0) is 0 Å². The van der Waals surface area contributed by atoms with Gasteiger partial charge in [-0.25, -0.2) is 0 Å². The Hall–Kier alpha value is 0.388. The van der Waals surface area contributed by atoms with Crippen LogP contribution in [-0.2, 0) is 24.6 Å². The van der Waals surface area contributed by atoms with E-state index >= 15 is 0 Å². The Balaban J connectivity index is 3.44. The summed E-state index contributed by atoms with van der Waals surface area (Å²) in [5.74, 6) is 0. The third kappa shape index (κ3) is 12.4. The monoisotopic (exact) mass is 367 g/mol. The molecule has 0 atom stereocenters. The van der Waals surface area contributed by atoms with E-state index < -0.39 is 0 Å². The van der Waals surface area contributed by atoms with Gasteiger partial charge in [0.15, 0.2) is 0 Å². The van der Waals surface area contributed by atoms with Gasteiger partial charge in [-0.1, -0.05) is 0 Å². The fourth-order valence-electron chi connectivity index (χ4n) is 0.906. The molecule has 0 aromatic heterocycles. The van der Waals surface area contributed by atoms with E-state index in [1.54, 1.807) is 19.8 Å². The summed E-state index contributed by atoms with van der Waals surface area (Å²) in [7, 11) is 0. The molecule has 0 N–H and O–H groups in total. The fraction of sp³-hybridized carbons (Fsp3) is 0.833. The molecular weight excluding hydrogens is 344 g/mol. The van der Waals surface area contributed by atoms with Gasteiger partial charge in [0.2, 0.25) is 0 Å².